The number of aliphatic hydroxyl groups excluding tert-OH is 1. The van der Waals surface area contributed by atoms with E-state index in [0.29, 0.717) is 44.5 Å². The Labute approximate surface area is 218 Å². The Bertz CT molecular complexity index is 1190. The van der Waals surface area contributed by atoms with Crippen LogP contribution in [0, 0.1) is 11.8 Å². The number of esters is 1. The summed E-state index contributed by atoms with van der Waals surface area (Å²) in [6, 6.07) is 6.09. The van der Waals surface area contributed by atoms with Gasteiger partial charge in [-0.2, -0.15) is 0 Å². The molecule has 2 N–H and O–H groups in total. The average Bonchev–Trinajstić information content (AvgIpc) is 3.77. The minimum Gasteiger partial charge on any atom is -0.492 e. The summed E-state index contributed by atoms with van der Waals surface area (Å²) in [5.41, 5.74) is 1.75. The Morgan fingerprint density at radius 2 is 1.97 bits per heavy atom. The van der Waals surface area contributed by atoms with Gasteiger partial charge < -0.3 is 19.3 Å². The molecule has 2 aromatic rings. The lowest BCUT2D eigenvalue weighted by Gasteiger charge is -2.22. The molecule has 0 spiro atoms. The molecule has 0 amide bonds. The van der Waals surface area contributed by atoms with Crippen molar-refractivity contribution in [3.63, 3.8) is 0 Å². The van der Waals surface area contributed by atoms with Gasteiger partial charge in [-0.15, -0.1) is 0 Å². The molecular formula is C27H36N2O7S. The van der Waals surface area contributed by atoms with Crippen LogP contribution >= 0.6 is 0 Å². The van der Waals surface area contributed by atoms with E-state index in [1.165, 1.54) is 25.3 Å². The number of benzene rings is 1. The maximum Gasteiger partial charge on any atom is 0.341 e. The number of pyridine rings is 1. The number of rotatable bonds is 12. The van der Waals surface area contributed by atoms with Crippen LogP contribution in [0.2, 0.25) is 0 Å². The van der Waals surface area contributed by atoms with Crippen molar-refractivity contribution in [2.75, 3.05) is 31.7 Å². The Kier molecular flexibility index (Phi) is 9.04. The fourth-order valence-electron chi connectivity index (χ4n) is 4.43. The van der Waals surface area contributed by atoms with Gasteiger partial charge in [0, 0.05) is 19.4 Å². The highest BCUT2D eigenvalue weighted by Gasteiger charge is 2.30. The van der Waals surface area contributed by atoms with Gasteiger partial charge in [0.15, 0.2) is 0 Å². The number of nitrogens with zero attached hydrogens (tertiary/aromatic N) is 1. The van der Waals surface area contributed by atoms with Crippen LogP contribution in [0.25, 0.3) is 0 Å². The molecule has 9 nitrogen and oxygen atoms in total. The number of methoxy groups -OCH3 is 1. The lowest BCUT2D eigenvalue weighted by Crippen LogP contribution is -2.22. The van der Waals surface area contributed by atoms with Crippen molar-refractivity contribution in [3.05, 3.63) is 47.2 Å². The lowest BCUT2D eigenvalue weighted by molar-refractivity contribution is 0.0483. The SMILES string of the molecule is CCc1cnc(NS(=O)(=O)c2ccc(OCC3CCOCC3)c(C(=O)OC)c2)c(CCC(O)C2CC2)c1. The largest absolute Gasteiger partial charge is 0.492 e. The highest BCUT2D eigenvalue weighted by molar-refractivity contribution is 7.92. The van der Waals surface area contributed by atoms with Crippen LogP contribution in [0.5, 0.6) is 5.75 Å². The summed E-state index contributed by atoms with van der Waals surface area (Å²) in [5.74, 6) is 0.459. The zero-order valence-corrected chi connectivity index (χ0v) is 22.3. The number of anilines is 1. The number of carbonyl (C=O) groups excluding carboxylic acids is 1. The molecule has 202 valence electrons. The van der Waals surface area contributed by atoms with Gasteiger partial charge >= 0.3 is 5.97 Å². The third-order valence-electron chi connectivity index (χ3n) is 7.02. The zero-order valence-electron chi connectivity index (χ0n) is 21.4. The van der Waals surface area contributed by atoms with Crippen LogP contribution in [0.15, 0.2) is 35.4 Å². The van der Waals surface area contributed by atoms with Crippen molar-refractivity contribution >= 4 is 21.8 Å². The third kappa shape index (κ3) is 7.21. The summed E-state index contributed by atoms with van der Waals surface area (Å²) in [4.78, 5) is 16.8. The Morgan fingerprint density at radius 1 is 1.22 bits per heavy atom. The molecule has 1 aromatic heterocycles. The molecule has 1 aromatic carbocycles. The second-order valence-electron chi connectivity index (χ2n) is 9.77. The first kappa shape index (κ1) is 27.3. The maximum atomic E-state index is 13.3. The Hall–Kier alpha value is -2.69. The van der Waals surface area contributed by atoms with Gasteiger partial charge in [0.1, 0.15) is 17.1 Å². The van der Waals surface area contributed by atoms with E-state index in [-0.39, 0.29) is 22.0 Å². The second kappa shape index (κ2) is 12.2. The molecule has 1 aliphatic heterocycles. The monoisotopic (exact) mass is 532 g/mol. The standard InChI is InChI=1S/C27H36N2O7S/c1-3-18-14-21(6-8-24(30)20-4-5-20)26(28-16-18)29-37(32,33)22-7-9-25(23(15-22)27(31)34-2)36-17-19-10-12-35-13-11-19/h7,9,14-16,19-20,24,30H,3-6,8,10-13,17H2,1-2H3,(H,28,29). The number of ether oxygens (including phenoxy) is 3. The number of hydrogen-bond donors (Lipinski definition) is 2. The van der Waals surface area contributed by atoms with Crippen LogP contribution in [-0.4, -0.2) is 57.5 Å². The molecule has 1 saturated heterocycles. The van der Waals surface area contributed by atoms with E-state index in [2.05, 4.69) is 9.71 Å². The molecule has 1 aliphatic carbocycles. The fraction of sp³-hybridized carbons (Fsp3) is 0.556. The highest BCUT2D eigenvalue weighted by atomic mass is 32.2. The molecule has 2 aliphatic rings. The minimum atomic E-state index is -4.07. The minimum absolute atomic E-state index is 0.0412. The van der Waals surface area contributed by atoms with Crippen LogP contribution in [0.3, 0.4) is 0 Å². The van der Waals surface area contributed by atoms with Crippen molar-refractivity contribution in [2.24, 2.45) is 11.8 Å². The van der Waals surface area contributed by atoms with E-state index in [4.69, 9.17) is 14.2 Å². The first-order chi connectivity index (χ1) is 17.8. The summed E-state index contributed by atoms with van der Waals surface area (Å²) in [5, 5.41) is 10.3. The summed E-state index contributed by atoms with van der Waals surface area (Å²) in [6.45, 7) is 3.76. The molecule has 1 unspecified atom stereocenters. The molecule has 2 fully saturated rings. The Balaban J connectivity index is 1.54. The topological polar surface area (TPSA) is 124 Å². The molecule has 10 heteroatoms. The highest BCUT2D eigenvalue weighted by Crippen LogP contribution is 2.35. The Morgan fingerprint density at radius 3 is 2.65 bits per heavy atom. The van der Waals surface area contributed by atoms with Crippen LogP contribution in [-0.2, 0) is 32.3 Å². The number of hydrogen-bond acceptors (Lipinski definition) is 8. The quantitative estimate of drug-likeness (QED) is 0.396. The van der Waals surface area contributed by atoms with Gasteiger partial charge in [-0.1, -0.05) is 13.0 Å². The van der Waals surface area contributed by atoms with Crippen molar-refractivity contribution in [3.8, 4) is 5.75 Å². The maximum absolute atomic E-state index is 13.3. The van der Waals surface area contributed by atoms with E-state index in [1.807, 2.05) is 13.0 Å². The predicted molar refractivity (Wildman–Crippen MR) is 138 cm³/mol. The molecular weight excluding hydrogens is 496 g/mol. The first-order valence-electron chi connectivity index (χ1n) is 12.9. The smallest absolute Gasteiger partial charge is 0.341 e. The molecule has 2 heterocycles. The van der Waals surface area contributed by atoms with Crippen LogP contribution in [0.4, 0.5) is 5.82 Å². The molecule has 0 bridgehead atoms. The summed E-state index contributed by atoms with van der Waals surface area (Å²) >= 11 is 0. The molecule has 1 atom stereocenters. The van der Waals surface area contributed by atoms with E-state index >= 15 is 0 Å². The number of nitrogens with one attached hydrogen (secondary N) is 1. The van der Waals surface area contributed by atoms with Gasteiger partial charge in [0.25, 0.3) is 10.0 Å². The summed E-state index contributed by atoms with van der Waals surface area (Å²) in [7, 11) is -2.83. The number of aryl methyl sites for hydroxylation is 2. The molecule has 0 radical (unpaired) electrons. The van der Waals surface area contributed by atoms with Gasteiger partial charge in [0.05, 0.1) is 24.7 Å². The van der Waals surface area contributed by atoms with E-state index < -0.39 is 22.1 Å². The van der Waals surface area contributed by atoms with E-state index in [1.54, 1.807) is 6.20 Å². The molecule has 4 rings (SSSR count). The number of carbonyl (C=O) groups is 1. The third-order valence-corrected chi connectivity index (χ3v) is 8.36. The van der Waals surface area contributed by atoms with Gasteiger partial charge in [-0.25, -0.2) is 18.2 Å². The zero-order chi connectivity index (χ0) is 26.4. The van der Waals surface area contributed by atoms with Gasteiger partial charge in [-0.05, 0) is 86.1 Å². The fourth-order valence-corrected chi connectivity index (χ4v) is 5.51. The van der Waals surface area contributed by atoms with Crippen molar-refractivity contribution in [1.29, 1.82) is 0 Å². The van der Waals surface area contributed by atoms with Crippen molar-refractivity contribution < 1.29 is 32.5 Å². The van der Waals surface area contributed by atoms with Gasteiger partial charge in [-0.3, -0.25) is 4.72 Å². The van der Waals surface area contributed by atoms with E-state index in [0.717, 1.165) is 43.2 Å². The van der Waals surface area contributed by atoms with E-state index in [9.17, 15) is 18.3 Å². The summed E-state index contributed by atoms with van der Waals surface area (Å²) in [6.07, 6.45) is 6.86. The average molecular weight is 533 g/mol. The van der Waals surface area contributed by atoms with Gasteiger partial charge in [0.2, 0.25) is 0 Å². The molecule has 1 saturated carbocycles. The summed E-state index contributed by atoms with van der Waals surface area (Å²) < 4.78 is 45.4. The first-order valence-corrected chi connectivity index (χ1v) is 14.4. The number of sulfonamides is 1. The lowest BCUT2D eigenvalue weighted by atomic mass is 10.0. The normalized spacial score (nSPS) is 17.3. The number of aromatic nitrogens is 1. The second-order valence-corrected chi connectivity index (χ2v) is 11.5. The molecule has 37 heavy (non-hydrogen) atoms. The predicted octanol–water partition coefficient (Wildman–Crippen LogP) is 3.74. The van der Waals surface area contributed by atoms with Crippen molar-refractivity contribution in [1.82, 2.24) is 4.98 Å². The van der Waals surface area contributed by atoms with Crippen LogP contribution in [0.1, 0.15) is 60.5 Å². The van der Waals surface area contributed by atoms with Crippen molar-refractivity contribution in [2.45, 2.75) is 62.9 Å². The number of aliphatic hydroxyl groups is 1. The van der Waals surface area contributed by atoms with Crippen LogP contribution < -0.4 is 9.46 Å².